The molecule has 0 aliphatic carbocycles. The summed E-state index contributed by atoms with van der Waals surface area (Å²) in [5.41, 5.74) is 1.82. The number of anilines is 1. The van der Waals surface area contributed by atoms with E-state index in [2.05, 4.69) is 25.5 Å². The number of nitrogens with zero attached hydrogens (tertiary/aromatic N) is 5. The minimum Gasteiger partial charge on any atom is -0.339 e. The lowest BCUT2D eigenvalue weighted by Gasteiger charge is -2.06. The van der Waals surface area contributed by atoms with Gasteiger partial charge in [0.25, 0.3) is 0 Å². The third kappa shape index (κ3) is 4.45. The van der Waals surface area contributed by atoms with Crippen LogP contribution in [-0.2, 0) is 17.8 Å². The third-order valence-electron chi connectivity index (χ3n) is 3.82. The van der Waals surface area contributed by atoms with Crippen molar-refractivity contribution in [3.05, 3.63) is 65.9 Å². The summed E-state index contributed by atoms with van der Waals surface area (Å²) in [5.74, 6) is 0.912. The van der Waals surface area contributed by atoms with Gasteiger partial charge in [-0.3, -0.25) is 4.79 Å². The molecule has 0 aliphatic heterocycles. The van der Waals surface area contributed by atoms with Crippen molar-refractivity contribution in [1.82, 2.24) is 24.9 Å². The Hall–Kier alpha value is -3.33. The highest BCUT2D eigenvalue weighted by molar-refractivity contribution is 7.13. The number of amides is 1. The highest BCUT2D eigenvalue weighted by atomic mass is 32.1. The smallest absolute Gasteiger partial charge is 0.227 e. The van der Waals surface area contributed by atoms with Crippen molar-refractivity contribution < 1.29 is 9.32 Å². The Bertz CT molecular complexity index is 993. The van der Waals surface area contributed by atoms with Crippen molar-refractivity contribution in [2.45, 2.75) is 19.4 Å². The number of nitrogens with one attached hydrogen (secondary N) is 1. The molecule has 136 valence electrons. The van der Waals surface area contributed by atoms with Crippen molar-refractivity contribution in [1.29, 1.82) is 0 Å². The molecule has 0 spiro atoms. The Labute approximate surface area is 158 Å². The number of rotatable bonds is 7. The van der Waals surface area contributed by atoms with E-state index in [1.807, 2.05) is 41.8 Å². The Morgan fingerprint density at radius 1 is 1.22 bits per heavy atom. The predicted molar refractivity (Wildman–Crippen MR) is 100 cm³/mol. The molecule has 1 aromatic carbocycles. The molecule has 1 amide bonds. The highest BCUT2D eigenvalue weighted by Crippen LogP contribution is 2.21. The van der Waals surface area contributed by atoms with Gasteiger partial charge in [0.05, 0.1) is 11.4 Å². The molecule has 0 saturated heterocycles. The van der Waals surface area contributed by atoms with Gasteiger partial charge in [0.2, 0.25) is 17.6 Å². The van der Waals surface area contributed by atoms with E-state index < -0.39 is 0 Å². The minimum atomic E-state index is -0.102. The summed E-state index contributed by atoms with van der Waals surface area (Å²) < 4.78 is 6.95. The number of benzene rings is 1. The first kappa shape index (κ1) is 17.1. The molecule has 4 rings (SSSR count). The van der Waals surface area contributed by atoms with Crippen LogP contribution in [0, 0.1) is 0 Å². The number of carbonyl (C=O) groups excluding carboxylic acids is 1. The molecule has 3 aromatic heterocycles. The molecular formula is C18H16N6O2S. The summed E-state index contributed by atoms with van der Waals surface area (Å²) in [6, 6.07) is 11.5. The number of hydrogen-bond donors (Lipinski definition) is 1. The fourth-order valence-corrected chi connectivity index (χ4v) is 3.15. The summed E-state index contributed by atoms with van der Waals surface area (Å²) in [6.45, 7) is 0.637. The molecule has 3 heterocycles. The van der Waals surface area contributed by atoms with Crippen molar-refractivity contribution in [2.75, 3.05) is 5.32 Å². The highest BCUT2D eigenvalue weighted by Gasteiger charge is 2.11. The van der Waals surface area contributed by atoms with Crippen LogP contribution in [0.3, 0.4) is 0 Å². The molecule has 0 fully saturated rings. The van der Waals surface area contributed by atoms with E-state index >= 15 is 0 Å². The SMILES string of the molecule is O=C(CCc1nc(-c2cccs2)no1)Nc1ccc(Cn2cncn2)cc1. The van der Waals surface area contributed by atoms with Gasteiger partial charge in [-0.2, -0.15) is 10.1 Å². The van der Waals surface area contributed by atoms with Gasteiger partial charge >= 0.3 is 0 Å². The van der Waals surface area contributed by atoms with Crippen LogP contribution in [0.1, 0.15) is 17.9 Å². The van der Waals surface area contributed by atoms with E-state index in [0.717, 1.165) is 16.1 Å². The second kappa shape index (κ2) is 7.92. The summed E-state index contributed by atoms with van der Waals surface area (Å²) >= 11 is 1.54. The normalized spacial score (nSPS) is 10.8. The van der Waals surface area contributed by atoms with Gasteiger partial charge in [-0.05, 0) is 29.1 Å². The number of aryl methyl sites for hydroxylation is 1. The van der Waals surface area contributed by atoms with Crippen molar-refractivity contribution >= 4 is 22.9 Å². The largest absolute Gasteiger partial charge is 0.339 e. The van der Waals surface area contributed by atoms with Crippen LogP contribution in [0.2, 0.25) is 0 Å². The lowest BCUT2D eigenvalue weighted by Crippen LogP contribution is -2.12. The van der Waals surface area contributed by atoms with Gasteiger partial charge < -0.3 is 9.84 Å². The van der Waals surface area contributed by atoms with E-state index in [0.29, 0.717) is 24.7 Å². The Morgan fingerprint density at radius 3 is 2.85 bits per heavy atom. The molecule has 1 N–H and O–H groups in total. The fourth-order valence-electron chi connectivity index (χ4n) is 2.50. The molecule has 8 nitrogen and oxygen atoms in total. The molecule has 27 heavy (non-hydrogen) atoms. The standard InChI is InChI=1S/C18H16N6O2S/c25-16(7-8-17-22-18(23-26-17)15-2-1-9-27-15)21-14-5-3-13(4-6-14)10-24-12-19-11-20-24/h1-6,9,11-12H,7-8,10H2,(H,21,25). The average Bonchev–Trinajstić information content (AvgIpc) is 3.44. The molecule has 4 aromatic rings. The van der Waals surface area contributed by atoms with Crippen LogP contribution in [0.4, 0.5) is 5.69 Å². The van der Waals surface area contributed by atoms with E-state index in [-0.39, 0.29) is 12.3 Å². The second-order valence-corrected chi connectivity index (χ2v) is 6.77. The maximum atomic E-state index is 12.1. The first-order chi connectivity index (χ1) is 13.3. The van der Waals surface area contributed by atoms with Crippen molar-refractivity contribution in [3.8, 4) is 10.7 Å². The third-order valence-corrected chi connectivity index (χ3v) is 4.69. The topological polar surface area (TPSA) is 98.7 Å². The number of hydrogen-bond acceptors (Lipinski definition) is 7. The molecule has 0 saturated carbocycles. The van der Waals surface area contributed by atoms with Crippen molar-refractivity contribution in [3.63, 3.8) is 0 Å². The van der Waals surface area contributed by atoms with Gasteiger partial charge in [0.1, 0.15) is 12.7 Å². The Kier molecular flexibility index (Phi) is 5.01. The van der Waals surface area contributed by atoms with E-state index in [9.17, 15) is 4.79 Å². The zero-order valence-corrected chi connectivity index (χ0v) is 15.1. The fraction of sp³-hybridized carbons (Fsp3) is 0.167. The Balaban J connectivity index is 1.28. The first-order valence-electron chi connectivity index (χ1n) is 8.34. The first-order valence-corrected chi connectivity index (χ1v) is 9.22. The molecule has 0 unspecified atom stereocenters. The maximum absolute atomic E-state index is 12.1. The van der Waals surface area contributed by atoms with Gasteiger partial charge in [-0.15, -0.1) is 11.3 Å². The molecule has 0 radical (unpaired) electrons. The van der Waals surface area contributed by atoms with Crippen LogP contribution < -0.4 is 5.32 Å². The van der Waals surface area contributed by atoms with Gasteiger partial charge in [-0.1, -0.05) is 23.4 Å². The van der Waals surface area contributed by atoms with Crippen LogP contribution in [0.15, 0.2) is 59.0 Å². The summed E-state index contributed by atoms with van der Waals surface area (Å²) in [6.07, 6.45) is 3.83. The van der Waals surface area contributed by atoms with Gasteiger partial charge in [0.15, 0.2) is 0 Å². The number of carbonyl (C=O) groups is 1. The average molecular weight is 380 g/mol. The molecule has 0 aliphatic rings. The molecule has 0 atom stereocenters. The number of aromatic nitrogens is 5. The Morgan fingerprint density at radius 2 is 2.11 bits per heavy atom. The minimum absolute atomic E-state index is 0.102. The predicted octanol–water partition coefficient (Wildman–Crippen LogP) is 3.01. The quantitative estimate of drug-likeness (QED) is 0.529. The molecule has 0 bridgehead atoms. The van der Waals surface area contributed by atoms with Crippen LogP contribution in [-0.4, -0.2) is 30.8 Å². The molecular weight excluding hydrogens is 364 g/mol. The van der Waals surface area contributed by atoms with Gasteiger partial charge in [0, 0.05) is 18.5 Å². The summed E-state index contributed by atoms with van der Waals surface area (Å²) in [4.78, 5) is 21.3. The van der Waals surface area contributed by atoms with Crippen molar-refractivity contribution in [2.24, 2.45) is 0 Å². The van der Waals surface area contributed by atoms with E-state index in [1.165, 1.54) is 6.33 Å². The molecule has 9 heteroatoms. The second-order valence-electron chi connectivity index (χ2n) is 5.83. The lowest BCUT2D eigenvalue weighted by molar-refractivity contribution is -0.116. The lowest BCUT2D eigenvalue weighted by atomic mass is 10.2. The number of thiophene rings is 1. The zero-order valence-electron chi connectivity index (χ0n) is 14.3. The monoisotopic (exact) mass is 380 g/mol. The van der Waals surface area contributed by atoms with Crippen LogP contribution in [0.5, 0.6) is 0 Å². The van der Waals surface area contributed by atoms with Gasteiger partial charge in [-0.25, -0.2) is 9.67 Å². The van der Waals surface area contributed by atoms with Crippen LogP contribution >= 0.6 is 11.3 Å². The summed E-state index contributed by atoms with van der Waals surface area (Å²) in [5, 5.41) is 12.8. The summed E-state index contributed by atoms with van der Waals surface area (Å²) in [7, 11) is 0. The zero-order chi connectivity index (χ0) is 18.5. The maximum Gasteiger partial charge on any atom is 0.227 e. The van der Waals surface area contributed by atoms with E-state index in [4.69, 9.17) is 4.52 Å². The van der Waals surface area contributed by atoms with E-state index in [1.54, 1.807) is 22.3 Å². The van der Waals surface area contributed by atoms with Crippen LogP contribution in [0.25, 0.3) is 10.7 Å².